The molecule has 1 aromatic carbocycles. The summed E-state index contributed by atoms with van der Waals surface area (Å²) in [4.78, 5) is 0. The summed E-state index contributed by atoms with van der Waals surface area (Å²) in [6.45, 7) is 7.59. The summed E-state index contributed by atoms with van der Waals surface area (Å²) in [6.07, 6.45) is 4.42. The van der Waals surface area contributed by atoms with E-state index >= 15 is 0 Å². The lowest BCUT2D eigenvalue weighted by Gasteiger charge is -2.47. The van der Waals surface area contributed by atoms with Crippen molar-refractivity contribution < 1.29 is 0 Å². The number of rotatable bonds is 1. The van der Waals surface area contributed by atoms with Crippen molar-refractivity contribution in [2.24, 2.45) is 22.7 Å². The van der Waals surface area contributed by atoms with Crippen LogP contribution in [0.4, 0.5) is 0 Å². The summed E-state index contributed by atoms with van der Waals surface area (Å²) in [7, 11) is 0. The number of hydrogen-bond donors (Lipinski definition) is 0. The SMILES string of the molecule is CC1(C)[C@]2(C)[C@H]3CCC[C@H]3[C@]12c1ccccc1. The molecule has 0 unspecified atom stereocenters. The van der Waals surface area contributed by atoms with Gasteiger partial charge in [0.15, 0.2) is 0 Å². The lowest BCUT2D eigenvalue weighted by molar-refractivity contribution is 0.0728. The van der Waals surface area contributed by atoms with Gasteiger partial charge in [0.05, 0.1) is 0 Å². The third-order valence-corrected chi connectivity index (χ3v) is 7.08. The van der Waals surface area contributed by atoms with E-state index in [0.29, 0.717) is 16.2 Å². The molecule has 0 nitrogen and oxygen atoms in total. The predicted octanol–water partition coefficient (Wildman–Crippen LogP) is 4.40. The standard InChI is InChI=1S/C17H22/c1-15(2)16(3)13-10-7-11-14(13)17(15,16)12-8-5-4-6-9-12/h4-6,8-9,13-14H,7,10-11H2,1-3H3/t13-,14+,16-,17+/m0/s1. The van der Waals surface area contributed by atoms with Gasteiger partial charge in [-0.25, -0.2) is 0 Å². The molecule has 0 spiro atoms. The Bertz CT molecular complexity index is 472. The molecule has 0 amide bonds. The Labute approximate surface area is 104 Å². The van der Waals surface area contributed by atoms with Crippen LogP contribution in [0.3, 0.4) is 0 Å². The summed E-state index contributed by atoms with van der Waals surface area (Å²) >= 11 is 0. The molecule has 3 saturated carbocycles. The third-order valence-electron chi connectivity index (χ3n) is 7.08. The van der Waals surface area contributed by atoms with Gasteiger partial charge >= 0.3 is 0 Å². The van der Waals surface area contributed by atoms with E-state index in [1.807, 2.05) is 0 Å². The van der Waals surface area contributed by atoms with Gasteiger partial charge in [-0.05, 0) is 41.1 Å². The van der Waals surface area contributed by atoms with Crippen LogP contribution in [0.15, 0.2) is 30.3 Å². The Kier molecular flexibility index (Phi) is 1.57. The van der Waals surface area contributed by atoms with Gasteiger partial charge in [-0.3, -0.25) is 0 Å². The zero-order valence-corrected chi connectivity index (χ0v) is 11.2. The van der Waals surface area contributed by atoms with Crippen LogP contribution in [-0.4, -0.2) is 0 Å². The highest BCUT2D eigenvalue weighted by Crippen LogP contribution is 2.94. The van der Waals surface area contributed by atoms with Crippen molar-refractivity contribution in [1.29, 1.82) is 0 Å². The van der Waals surface area contributed by atoms with Gasteiger partial charge in [-0.2, -0.15) is 0 Å². The summed E-state index contributed by atoms with van der Waals surface area (Å²) in [5.41, 5.74) is 3.23. The van der Waals surface area contributed by atoms with Crippen molar-refractivity contribution in [3.05, 3.63) is 35.9 Å². The highest BCUT2D eigenvalue weighted by Gasteiger charge is 2.92. The molecule has 0 heteroatoms. The smallest absolute Gasteiger partial charge is 0.0103 e. The van der Waals surface area contributed by atoms with Crippen LogP contribution >= 0.6 is 0 Å². The van der Waals surface area contributed by atoms with Gasteiger partial charge < -0.3 is 0 Å². The average Bonchev–Trinajstić information content (AvgIpc) is 2.67. The first kappa shape index (κ1) is 10.2. The van der Waals surface area contributed by atoms with Crippen LogP contribution in [0.1, 0.15) is 45.6 Å². The van der Waals surface area contributed by atoms with Gasteiger partial charge in [0.1, 0.15) is 0 Å². The number of hydrogen-bond acceptors (Lipinski definition) is 0. The molecule has 4 rings (SSSR count). The van der Waals surface area contributed by atoms with Crippen molar-refractivity contribution in [3.63, 3.8) is 0 Å². The lowest BCUT2D eigenvalue weighted by atomic mass is 9.57. The van der Waals surface area contributed by atoms with E-state index in [1.165, 1.54) is 19.3 Å². The summed E-state index contributed by atoms with van der Waals surface area (Å²) in [6, 6.07) is 11.4. The fraction of sp³-hybridized carbons (Fsp3) is 0.647. The molecule has 0 N–H and O–H groups in total. The van der Waals surface area contributed by atoms with Crippen molar-refractivity contribution in [1.82, 2.24) is 0 Å². The number of fused-ring (bicyclic) bond motifs is 4. The monoisotopic (exact) mass is 226 g/mol. The molecule has 0 saturated heterocycles. The van der Waals surface area contributed by atoms with Gasteiger partial charge in [-0.1, -0.05) is 57.5 Å². The molecule has 90 valence electrons. The number of benzene rings is 1. The van der Waals surface area contributed by atoms with Crippen LogP contribution < -0.4 is 0 Å². The molecule has 0 aromatic heterocycles. The lowest BCUT2D eigenvalue weighted by Crippen LogP contribution is -2.44. The Morgan fingerprint density at radius 2 is 1.59 bits per heavy atom. The van der Waals surface area contributed by atoms with Gasteiger partial charge in [0.2, 0.25) is 0 Å². The first-order valence-electron chi connectivity index (χ1n) is 7.14. The normalized spacial score (nSPS) is 49.1. The maximum absolute atomic E-state index is 2.56. The molecule has 3 aliphatic rings. The Morgan fingerprint density at radius 1 is 0.941 bits per heavy atom. The van der Waals surface area contributed by atoms with E-state index in [9.17, 15) is 0 Å². The average molecular weight is 226 g/mol. The van der Waals surface area contributed by atoms with E-state index in [0.717, 1.165) is 11.8 Å². The van der Waals surface area contributed by atoms with Gasteiger partial charge in [-0.15, -0.1) is 0 Å². The molecule has 0 radical (unpaired) electrons. The van der Waals surface area contributed by atoms with Crippen LogP contribution in [-0.2, 0) is 5.41 Å². The minimum Gasteiger partial charge on any atom is -0.0622 e. The summed E-state index contributed by atoms with van der Waals surface area (Å²) < 4.78 is 0. The predicted molar refractivity (Wildman–Crippen MR) is 70.8 cm³/mol. The Morgan fingerprint density at radius 3 is 2.29 bits per heavy atom. The quantitative estimate of drug-likeness (QED) is 0.666. The van der Waals surface area contributed by atoms with E-state index in [2.05, 4.69) is 51.1 Å². The topological polar surface area (TPSA) is 0 Å². The van der Waals surface area contributed by atoms with E-state index < -0.39 is 0 Å². The highest BCUT2D eigenvalue weighted by atomic mass is 15.0. The van der Waals surface area contributed by atoms with Crippen LogP contribution in [0.2, 0.25) is 0 Å². The molecule has 17 heavy (non-hydrogen) atoms. The second kappa shape index (κ2) is 2.63. The van der Waals surface area contributed by atoms with E-state index in [4.69, 9.17) is 0 Å². The minimum atomic E-state index is 0.511. The van der Waals surface area contributed by atoms with Crippen LogP contribution in [0, 0.1) is 22.7 Å². The first-order chi connectivity index (χ1) is 8.08. The maximum atomic E-state index is 2.56. The fourth-order valence-electron chi connectivity index (χ4n) is 6.42. The third kappa shape index (κ3) is 0.733. The molecular weight excluding hydrogens is 204 g/mol. The maximum Gasteiger partial charge on any atom is 0.0103 e. The zero-order valence-electron chi connectivity index (χ0n) is 11.2. The van der Waals surface area contributed by atoms with Crippen molar-refractivity contribution >= 4 is 0 Å². The largest absolute Gasteiger partial charge is 0.0622 e. The highest BCUT2D eigenvalue weighted by molar-refractivity contribution is 5.53. The second-order valence-electron chi connectivity index (χ2n) is 7.15. The van der Waals surface area contributed by atoms with Crippen molar-refractivity contribution in [3.8, 4) is 0 Å². The Balaban J connectivity index is 1.89. The fourth-order valence-corrected chi connectivity index (χ4v) is 6.42. The summed E-state index contributed by atoms with van der Waals surface area (Å²) in [5, 5.41) is 0. The molecule has 0 aliphatic heterocycles. The molecule has 1 aromatic rings. The summed E-state index contributed by atoms with van der Waals surface area (Å²) in [5.74, 6) is 1.99. The molecule has 3 aliphatic carbocycles. The van der Waals surface area contributed by atoms with E-state index in [1.54, 1.807) is 5.56 Å². The van der Waals surface area contributed by atoms with Crippen molar-refractivity contribution in [2.75, 3.05) is 0 Å². The van der Waals surface area contributed by atoms with Crippen LogP contribution in [0.25, 0.3) is 0 Å². The minimum absolute atomic E-state index is 0.511. The van der Waals surface area contributed by atoms with Crippen LogP contribution in [0.5, 0.6) is 0 Å². The first-order valence-corrected chi connectivity index (χ1v) is 7.14. The zero-order chi connectivity index (χ0) is 11.9. The molecule has 4 atom stereocenters. The van der Waals surface area contributed by atoms with Gasteiger partial charge in [0, 0.05) is 5.41 Å². The van der Waals surface area contributed by atoms with E-state index in [-0.39, 0.29) is 0 Å². The van der Waals surface area contributed by atoms with Gasteiger partial charge in [0.25, 0.3) is 0 Å². The second-order valence-corrected chi connectivity index (χ2v) is 7.15. The molecule has 0 heterocycles. The Hall–Kier alpha value is -0.780. The molecule has 0 bridgehead atoms. The molecular formula is C17H22. The van der Waals surface area contributed by atoms with Crippen molar-refractivity contribution in [2.45, 2.75) is 45.4 Å². The molecule has 3 fully saturated rings.